The van der Waals surface area contributed by atoms with E-state index in [-0.39, 0.29) is 11.5 Å². The largest absolute Gasteiger partial charge is 0.396 e. The van der Waals surface area contributed by atoms with Gasteiger partial charge in [-0.15, -0.1) is 0 Å². The monoisotopic (exact) mass is 252 g/mol. The zero-order valence-electron chi connectivity index (χ0n) is 10.9. The van der Waals surface area contributed by atoms with Gasteiger partial charge in [-0.3, -0.25) is 0 Å². The Balaban J connectivity index is 1.90. The summed E-state index contributed by atoms with van der Waals surface area (Å²) in [6, 6.07) is 5.18. The first kappa shape index (κ1) is 13.3. The van der Waals surface area contributed by atoms with Gasteiger partial charge in [0.25, 0.3) is 0 Å². The van der Waals surface area contributed by atoms with Crippen molar-refractivity contribution in [3.05, 3.63) is 29.6 Å². The summed E-state index contributed by atoms with van der Waals surface area (Å²) in [5, 5.41) is 0. The Labute approximate surface area is 108 Å². The van der Waals surface area contributed by atoms with Gasteiger partial charge >= 0.3 is 0 Å². The molecular formula is C14H21FN2O. The minimum atomic E-state index is -0.288. The maximum Gasteiger partial charge on any atom is 0.150 e. The van der Waals surface area contributed by atoms with Crippen LogP contribution in [0.2, 0.25) is 0 Å². The first-order valence-electron chi connectivity index (χ1n) is 6.46. The molecule has 0 aromatic heterocycles. The van der Waals surface area contributed by atoms with Crippen molar-refractivity contribution in [1.82, 2.24) is 4.90 Å². The van der Waals surface area contributed by atoms with E-state index < -0.39 is 0 Å². The molecule has 1 atom stereocenters. The average Bonchev–Trinajstić information content (AvgIpc) is 2.36. The van der Waals surface area contributed by atoms with Crippen molar-refractivity contribution in [3.63, 3.8) is 0 Å². The lowest BCUT2D eigenvalue weighted by atomic mass is 10.0. The van der Waals surface area contributed by atoms with Crippen LogP contribution in [0.5, 0.6) is 0 Å². The summed E-state index contributed by atoms with van der Waals surface area (Å²) in [4.78, 5) is 2.14. The van der Waals surface area contributed by atoms with Gasteiger partial charge in [-0.1, -0.05) is 12.1 Å². The van der Waals surface area contributed by atoms with Crippen LogP contribution in [0.4, 0.5) is 10.1 Å². The molecule has 100 valence electrons. The van der Waals surface area contributed by atoms with Gasteiger partial charge in [0.05, 0.1) is 12.3 Å². The highest BCUT2D eigenvalue weighted by Crippen LogP contribution is 2.18. The Morgan fingerprint density at radius 1 is 1.50 bits per heavy atom. The Morgan fingerprint density at radius 2 is 2.33 bits per heavy atom. The number of benzene rings is 1. The molecule has 1 saturated heterocycles. The van der Waals surface area contributed by atoms with Gasteiger partial charge in [0.2, 0.25) is 0 Å². The van der Waals surface area contributed by atoms with Crippen molar-refractivity contribution in [2.45, 2.75) is 19.4 Å². The highest BCUT2D eigenvalue weighted by Gasteiger charge is 2.16. The zero-order chi connectivity index (χ0) is 13.0. The molecule has 1 aromatic carbocycles. The van der Waals surface area contributed by atoms with Gasteiger partial charge in [-0.2, -0.15) is 0 Å². The van der Waals surface area contributed by atoms with Crippen LogP contribution in [0.3, 0.4) is 0 Å². The van der Waals surface area contributed by atoms with Crippen molar-refractivity contribution < 1.29 is 9.13 Å². The maximum absolute atomic E-state index is 13.8. The lowest BCUT2D eigenvalue weighted by molar-refractivity contribution is 0.0410. The van der Waals surface area contributed by atoms with Gasteiger partial charge in [-0.25, -0.2) is 4.39 Å². The summed E-state index contributed by atoms with van der Waals surface area (Å²) >= 11 is 0. The molecule has 1 fully saturated rings. The van der Waals surface area contributed by atoms with Crippen molar-refractivity contribution in [1.29, 1.82) is 0 Å². The standard InChI is InChI=1S/C14H21FN2O/c1-17(8-11-4-3-7-18-10-11)9-12-5-2-6-13(16)14(12)15/h2,5-6,11H,3-4,7-10,16H2,1H3. The summed E-state index contributed by atoms with van der Waals surface area (Å²) < 4.78 is 19.2. The molecule has 1 aliphatic rings. The molecule has 4 heteroatoms. The summed E-state index contributed by atoms with van der Waals surface area (Å²) in [6.45, 7) is 3.23. The van der Waals surface area contributed by atoms with Crippen LogP contribution >= 0.6 is 0 Å². The maximum atomic E-state index is 13.8. The minimum Gasteiger partial charge on any atom is -0.396 e. The molecular weight excluding hydrogens is 231 g/mol. The van der Waals surface area contributed by atoms with Crippen LogP contribution in [0.25, 0.3) is 0 Å². The van der Waals surface area contributed by atoms with E-state index in [0.717, 1.165) is 26.2 Å². The Kier molecular flexibility index (Phi) is 4.55. The zero-order valence-corrected chi connectivity index (χ0v) is 10.9. The van der Waals surface area contributed by atoms with E-state index in [1.165, 1.54) is 6.42 Å². The normalized spacial score (nSPS) is 20.3. The van der Waals surface area contributed by atoms with Gasteiger partial charge < -0.3 is 15.4 Å². The van der Waals surface area contributed by atoms with Crippen LogP contribution in [0.15, 0.2) is 18.2 Å². The summed E-state index contributed by atoms with van der Waals surface area (Å²) in [6.07, 6.45) is 2.33. The molecule has 0 aliphatic carbocycles. The van der Waals surface area contributed by atoms with Gasteiger partial charge in [0.15, 0.2) is 5.82 Å². The van der Waals surface area contributed by atoms with E-state index in [0.29, 0.717) is 18.0 Å². The molecule has 1 aliphatic heterocycles. The highest BCUT2D eigenvalue weighted by atomic mass is 19.1. The number of halogens is 1. The number of hydrogen-bond acceptors (Lipinski definition) is 3. The topological polar surface area (TPSA) is 38.5 Å². The van der Waals surface area contributed by atoms with E-state index in [4.69, 9.17) is 10.5 Å². The van der Waals surface area contributed by atoms with E-state index in [9.17, 15) is 4.39 Å². The van der Waals surface area contributed by atoms with Crippen LogP contribution in [0.1, 0.15) is 18.4 Å². The Hall–Kier alpha value is -1.13. The predicted molar refractivity (Wildman–Crippen MR) is 70.7 cm³/mol. The number of nitrogens with two attached hydrogens (primary N) is 1. The molecule has 0 amide bonds. The second kappa shape index (κ2) is 6.16. The van der Waals surface area contributed by atoms with Crippen molar-refractivity contribution >= 4 is 5.69 Å². The van der Waals surface area contributed by atoms with E-state index in [2.05, 4.69) is 4.90 Å². The van der Waals surface area contributed by atoms with Gasteiger partial charge in [0, 0.05) is 25.3 Å². The van der Waals surface area contributed by atoms with Crippen LogP contribution in [0, 0.1) is 11.7 Å². The van der Waals surface area contributed by atoms with Crippen molar-refractivity contribution in [3.8, 4) is 0 Å². The second-order valence-corrected chi connectivity index (χ2v) is 5.10. The first-order chi connectivity index (χ1) is 8.66. The van der Waals surface area contributed by atoms with E-state index >= 15 is 0 Å². The highest BCUT2D eigenvalue weighted by molar-refractivity contribution is 5.42. The third-order valence-corrected chi connectivity index (χ3v) is 3.37. The second-order valence-electron chi connectivity index (χ2n) is 5.10. The number of nitrogens with zero attached hydrogens (tertiary/aromatic N) is 1. The van der Waals surface area contributed by atoms with E-state index in [1.807, 2.05) is 7.05 Å². The van der Waals surface area contributed by atoms with Crippen LogP contribution < -0.4 is 5.73 Å². The number of anilines is 1. The molecule has 18 heavy (non-hydrogen) atoms. The fourth-order valence-electron chi connectivity index (χ4n) is 2.47. The fourth-order valence-corrected chi connectivity index (χ4v) is 2.47. The third kappa shape index (κ3) is 3.43. The van der Waals surface area contributed by atoms with Crippen molar-refractivity contribution in [2.75, 3.05) is 32.5 Å². The lowest BCUT2D eigenvalue weighted by Gasteiger charge is -2.27. The summed E-state index contributed by atoms with van der Waals surface area (Å²) in [7, 11) is 2.01. The van der Waals surface area contributed by atoms with Crippen LogP contribution in [-0.2, 0) is 11.3 Å². The molecule has 0 spiro atoms. The lowest BCUT2D eigenvalue weighted by Crippen LogP contribution is -2.30. The molecule has 3 nitrogen and oxygen atoms in total. The van der Waals surface area contributed by atoms with Crippen LogP contribution in [-0.4, -0.2) is 31.7 Å². The number of hydrogen-bond donors (Lipinski definition) is 1. The van der Waals surface area contributed by atoms with Gasteiger partial charge in [-0.05, 0) is 31.9 Å². The molecule has 0 bridgehead atoms. The summed E-state index contributed by atoms with van der Waals surface area (Å²) in [5.74, 6) is 0.275. The minimum absolute atomic E-state index is 0.224. The van der Waals surface area contributed by atoms with Crippen molar-refractivity contribution in [2.24, 2.45) is 5.92 Å². The Morgan fingerprint density at radius 3 is 3.06 bits per heavy atom. The van der Waals surface area contributed by atoms with Gasteiger partial charge in [0.1, 0.15) is 0 Å². The van der Waals surface area contributed by atoms with E-state index in [1.54, 1.807) is 18.2 Å². The third-order valence-electron chi connectivity index (χ3n) is 3.37. The molecule has 1 aromatic rings. The fraction of sp³-hybridized carbons (Fsp3) is 0.571. The number of rotatable bonds is 4. The molecule has 1 unspecified atom stereocenters. The predicted octanol–water partition coefficient (Wildman–Crippen LogP) is 2.27. The first-order valence-corrected chi connectivity index (χ1v) is 6.46. The molecule has 2 rings (SSSR count). The molecule has 2 N–H and O–H groups in total. The molecule has 1 heterocycles. The Bertz CT molecular complexity index is 391. The number of nitrogen functional groups attached to an aromatic ring is 1. The molecule has 0 saturated carbocycles. The quantitative estimate of drug-likeness (QED) is 0.835. The SMILES string of the molecule is CN(Cc1cccc(N)c1F)CC1CCCOC1. The smallest absolute Gasteiger partial charge is 0.150 e. The summed E-state index contributed by atoms with van der Waals surface area (Å²) in [5.41, 5.74) is 6.45. The number of ether oxygens (including phenoxy) is 1. The average molecular weight is 252 g/mol. The molecule has 0 radical (unpaired) electrons.